The highest BCUT2D eigenvalue weighted by Gasteiger charge is 2.36. The fourth-order valence-electron chi connectivity index (χ4n) is 4.05. The second-order valence-corrected chi connectivity index (χ2v) is 9.59. The van der Waals surface area contributed by atoms with Crippen LogP contribution in [-0.2, 0) is 22.2 Å². The molecule has 1 aromatic carbocycles. The Morgan fingerprint density at radius 2 is 1.83 bits per heavy atom. The number of benzene rings is 1. The largest absolute Gasteiger partial charge is 0.444 e. The third-order valence-electron chi connectivity index (χ3n) is 5.71. The Hall–Kier alpha value is -3.08. The average molecular weight is 497 g/mol. The molecular weight excluding hydrogens is 465 g/mol. The highest BCUT2D eigenvalue weighted by molar-refractivity contribution is 5.92. The Balaban J connectivity index is 1.81. The zero-order valence-corrected chi connectivity index (χ0v) is 20.2. The van der Waals surface area contributed by atoms with E-state index in [1.165, 1.54) is 0 Å². The van der Waals surface area contributed by atoms with E-state index in [2.05, 4.69) is 10.4 Å². The molecule has 1 aromatic heterocycles. The maximum Gasteiger partial charge on any atom is 0.432 e. The summed E-state index contributed by atoms with van der Waals surface area (Å²) in [5.41, 5.74) is -0.856. The van der Waals surface area contributed by atoms with Gasteiger partial charge in [0.05, 0.1) is 6.10 Å². The molecule has 0 saturated heterocycles. The van der Waals surface area contributed by atoms with Crippen molar-refractivity contribution >= 4 is 17.7 Å². The maximum absolute atomic E-state index is 13.3. The number of aromatic nitrogens is 2. The Labute approximate surface area is 202 Å². The molecule has 2 aromatic rings. The van der Waals surface area contributed by atoms with Gasteiger partial charge in [0.25, 0.3) is 5.91 Å². The monoisotopic (exact) mass is 496 g/mol. The number of anilines is 1. The number of halogens is 3. The predicted molar refractivity (Wildman–Crippen MR) is 123 cm³/mol. The van der Waals surface area contributed by atoms with Crippen molar-refractivity contribution in [2.75, 3.05) is 12.4 Å². The third kappa shape index (κ3) is 7.45. The molecule has 1 heterocycles. The number of amides is 2. The van der Waals surface area contributed by atoms with Gasteiger partial charge in [0.2, 0.25) is 0 Å². The molecule has 2 N–H and O–H groups in total. The molecule has 35 heavy (non-hydrogen) atoms. The molecule has 1 aliphatic carbocycles. The summed E-state index contributed by atoms with van der Waals surface area (Å²) in [6.07, 6.45) is -2.38. The van der Waals surface area contributed by atoms with E-state index in [-0.39, 0.29) is 24.4 Å². The van der Waals surface area contributed by atoms with Crippen molar-refractivity contribution in [3.8, 4) is 0 Å². The molecule has 0 spiro atoms. The van der Waals surface area contributed by atoms with Gasteiger partial charge in [-0.05, 0) is 64.2 Å². The molecule has 1 fully saturated rings. The number of carbonyl (C=O) groups excluding carboxylic acids is 2. The summed E-state index contributed by atoms with van der Waals surface area (Å²) in [6.45, 7) is 5.40. The van der Waals surface area contributed by atoms with Gasteiger partial charge in [-0.2, -0.15) is 18.3 Å². The van der Waals surface area contributed by atoms with Crippen molar-refractivity contribution in [1.82, 2.24) is 15.1 Å². The summed E-state index contributed by atoms with van der Waals surface area (Å²) in [4.78, 5) is 27.0. The van der Waals surface area contributed by atoms with Crippen molar-refractivity contribution in [3.63, 3.8) is 0 Å². The lowest BCUT2D eigenvalue weighted by molar-refractivity contribution is -0.141. The number of methoxy groups -OCH3 is 1. The van der Waals surface area contributed by atoms with Crippen LogP contribution in [0.1, 0.15) is 68.2 Å². The van der Waals surface area contributed by atoms with Crippen LogP contribution in [0.4, 0.5) is 23.7 Å². The van der Waals surface area contributed by atoms with Gasteiger partial charge in [0.1, 0.15) is 11.3 Å². The third-order valence-corrected chi connectivity index (χ3v) is 5.71. The molecule has 3 rings (SSSR count). The minimum atomic E-state index is -4.63. The zero-order valence-electron chi connectivity index (χ0n) is 20.2. The SMILES string of the molecule is COC1CCC(N(Cc2cccc(NC(=O)OC(C)(C)C)c2)C(=O)c2cc(C(F)(F)F)[nH]n2)CC1. The van der Waals surface area contributed by atoms with E-state index in [0.29, 0.717) is 24.1 Å². The number of hydrogen-bond donors (Lipinski definition) is 2. The van der Waals surface area contributed by atoms with Gasteiger partial charge in [-0.25, -0.2) is 4.79 Å². The molecule has 0 radical (unpaired) electrons. The van der Waals surface area contributed by atoms with E-state index in [0.717, 1.165) is 18.9 Å². The molecule has 0 unspecified atom stereocenters. The first kappa shape index (κ1) is 26.5. The van der Waals surface area contributed by atoms with Gasteiger partial charge >= 0.3 is 12.3 Å². The van der Waals surface area contributed by atoms with Gasteiger partial charge in [0.15, 0.2) is 5.69 Å². The molecule has 192 valence electrons. The Morgan fingerprint density at radius 3 is 2.40 bits per heavy atom. The number of H-pyrrole nitrogens is 1. The van der Waals surface area contributed by atoms with Crippen molar-refractivity contribution in [1.29, 1.82) is 0 Å². The summed E-state index contributed by atoms with van der Waals surface area (Å²) in [6, 6.07) is 7.44. The van der Waals surface area contributed by atoms with E-state index >= 15 is 0 Å². The van der Waals surface area contributed by atoms with Crippen molar-refractivity contribution in [3.05, 3.63) is 47.3 Å². The van der Waals surface area contributed by atoms with Gasteiger partial charge in [-0.15, -0.1) is 0 Å². The Bertz CT molecular complexity index is 1020. The molecule has 0 atom stereocenters. The van der Waals surface area contributed by atoms with Crippen LogP contribution < -0.4 is 5.32 Å². The molecule has 8 nitrogen and oxygen atoms in total. The van der Waals surface area contributed by atoms with Crippen molar-refractivity contribution in [2.24, 2.45) is 0 Å². The summed E-state index contributed by atoms with van der Waals surface area (Å²) in [5, 5.41) is 8.20. The normalized spacial score (nSPS) is 18.7. The highest BCUT2D eigenvalue weighted by Crippen LogP contribution is 2.30. The van der Waals surface area contributed by atoms with E-state index in [1.807, 2.05) is 5.10 Å². The number of rotatable bonds is 6. The first-order valence-corrected chi connectivity index (χ1v) is 11.4. The Kier molecular flexibility index (Phi) is 8.09. The fourth-order valence-corrected chi connectivity index (χ4v) is 4.05. The highest BCUT2D eigenvalue weighted by atomic mass is 19.4. The summed E-state index contributed by atoms with van der Waals surface area (Å²) in [7, 11) is 1.64. The number of hydrogen-bond acceptors (Lipinski definition) is 5. The van der Waals surface area contributed by atoms with Gasteiger partial charge < -0.3 is 14.4 Å². The van der Waals surface area contributed by atoms with Crippen LogP contribution in [0.5, 0.6) is 0 Å². The van der Waals surface area contributed by atoms with Crippen LogP contribution in [0.2, 0.25) is 0 Å². The molecule has 11 heteroatoms. The van der Waals surface area contributed by atoms with Crippen LogP contribution in [0.3, 0.4) is 0 Å². The van der Waals surface area contributed by atoms with Crippen LogP contribution in [0.25, 0.3) is 0 Å². The molecule has 2 amide bonds. The second kappa shape index (κ2) is 10.7. The second-order valence-electron chi connectivity index (χ2n) is 9.59. The van der Waals surface area contributed by atoms with E-state index in [4.69, 9.17) is 9.47 Å². The lowest BCUT2D eigenvalue weighted by Gasteiger charge is -2.36. The number of nitrogens with zero attached hydrogens (tertiary/aromatic N) is 2. The molecule has 1 saturated carbocycles. The minimum absolute atomic E-state index is 0.0896. The van der Waals surface area contributed by atoms with E-state index in [1.54, 1.807) is 57.0 Å². The summed E-state index contributed by atoms with van der Waals surface area (Å²) in [5.74, 6) is -0.594. The average Bonchev–Trinajstić information content (AvgIpc) is 3.27. The Morgan fingerprint density at radius 1 is 1.14 bits per heavy atom. The minimum Gasteiger partial charge on any atom is -0.444 e. The van der Waals surface area contributed by atoms with Crippen LogP contribution in [-0.4, -0.2) is 52.0 Å². The van der Waals surface area contributed by atoms with E-state index in [9.17, 15) is 22.8 Å². The van der Waals surface area contributed by atoms with Gasteiger partial charge in [0, 0.05) is 31.5 Å². The first-order chi connectivity index (χ1) is 16.4. The quantitative estimate of drug-likeness (QED) is 0.560. The summed E-state index contributed by atoms with van der Waals surface area (Å²) < 4.78 is 49.8. The van der Waals surface area contributed by atoms with Gasteiger partial charge in [-0.3, -0.25) is 15.2 Å². The molecule has 0 bridgehead atoms. The standard InChI is InChI=1S/C24H31F3N4O4/c1-23(2,3)35-22(33)28-16-7-5-6-15(12-16)14-31(17-8-10-18(34-4)11-9-17)21(32)19-13-20(30-29-19)24(25,26)27/h5-7,12-13,17-18H,8-11,14H2,1-4H3,(H,28,33)(H,29,30). The molecular formula is C24H31F3N4O4. The zero-order chi connectivity index (χ0) is 25.8. The maximum atomic E-state index is 13.3. The number of alkyl halides is 3. The number of nitrogens with one attached hydrogen (secondary N) is 2. The number of aromatic amines is 1. The fraction of sp³-hybridized carbons (Fsp3) is 0.542. The smallest absolute Gasteiger partial charge is 0.432 e. The topological polar surface area (TPSA) is 96.5 Å². The van der Waals surface area contributed by atoms with Crippen LogP contribution in [0, 0.1) is 0 Å². The van der Waals surface area contributed by atoms with E-state index < -0.39 is 29.5 Å². The lowest BCUT2D eigenvalue weighted by atomic mass is 9.91. The lowest BCUT2D eigenvalue weighted by Crippen LogP contribution is -2.43. The summed E-state index contributed by atoms with van der Waals surface area (Å²) >= 11 is 0. The predicted octanol–water partition coefficient (Wildman–Crippen LogP) is 5.38. The van der Waals surface area contributed by atoms with Crippen molar-refractivity contribution in [2.45, 2.75) is 76.9 Å². The number of ether oxygens (including phenoxy) is 2. The molecule has 0 aliphatic heterocycles. The first-order valence-electron chi connectivity index (χ1n) is 11.4. The van der Waals surface area contributed by atoms with Crippen LogP contribution in [0.15, 0.2) is 30.3 Å². The van der Waals surface area contributed by atoms with Gasteiger partial charge in [-0.1, -0.05) is 12.1 Å². The van der Waals surface area contributed by atoms with Crippen LogP contribution >= 0.6 is 0 Å². The molecule has 1 aliphatic rings. The number of carbonyl (C=O) groups is 2. The van der Waals surface area contributed by atoms with Crippen molar-refractivity contribution < 1.29 is 32.2 Å².